The van der Waals surface area contributed by atoms with E-state index in [-0.39, 0.29) is 0 Å². The topological polar surface area (TPSA) is 28.2 Å². The fraction of sp³-hybridized carbons (Fsp3) is 0.312. The average molecular weight is 324 g/mol. The minimum absolute atomic E-state index is 0.575. The van der Waals surface area contributed by atoms with E-state index in [2.05, 4.69) is 29.0 Å². The average Bonchev–Trinajstić information content (AvgIpc) is 2.51. The molecule has 0 unspecified atom stereocenters. The van der Waals surface area contributed by atoms with Crippen molar-refractivity contribution < 1.29 is 0 Å². The van der Waals surface area contributed by atoms with Gasteiger partial charge in [-0.15, -0.1) is 0 Å². The molecule has 5 heteroatoms. The predicted octanol–water partition coefficient (Wildman–Crippen LogP) is 4.85. The van der Waals surface area contributed by atoms with Crippen molar-refractivity contribution >= 4 is 34.7 Å². The van der Waals surface area contributed by atoms with Crippen molar-refractivity contribution in [2.24, 2.45) is 0 Å². The maximum absolute atomic E-state index is 6.01. The van der Waals surface area contributed by atoms with Crippen LogP contribution in [-0.4, -0.2) is 18.1 Å². The summed E-state index contributed by atoms with van der Waals surface area (Å²) < 4.78 is 0. The fourth-order valence-electron chi connectivity index (χ4n) is 2.08. The van der Waals surface area contributed by atoms with Crippen LogP contribution < -0.4 is 10.2 Å². The van der Waals surface area contributed by atoms with E-state index in [1.165, 1.54) is 0 Å². The van der Waals surface area contributed by atoms with Gasteiger partial charge in [0.15, 0.2) is 0 Å². The lowest BCUT2D eigenvalue weighted by atomic mass is 10.2. The molecule has 0 fully saturated rings. The van der Waals surface area contributed by atoms with Crippen molar-refractivity contribution in [3.63, 3.8) is 0 Å². The molecule has 0 amide bonds. The summed E-state index contributed by atoms with van der Waals surface area (Å²) in [5.41, 5.74) is 2.06. The van der Waals surface area contributed by atoms with Gasteiger partial charge in [0.1, 0.15) is 5.82 Å². The Bertz CT molecular complexity index is 581. The molecular weight excluding hydrogens is 305 g/mol. The molecule has 0 aliphatic heterocycles. The Kier molecular flexibility index (Phi) is 5.71. The highest BCUT2D eigenvalue weighted by Gasteiger charge is 2.03. The third kappa shape index (κ3) is 4.26. The van der Waals surface area contributed by atoms with Gasteiger partial charge in [0.2, 0.25) is 0 Å². The van der Waals surface area contributed by atoms with E-state index < -0.39 is 0 Å². The minimum atomic E-state index is 0.575. The van der Waals surface area contributed by atoms with Gasteiger partial charge in [-0.2, -0.15) is 0 Å². The van der Waals surface area contributed by atoms with Gasteiger partial charge < -0.3 is 10.2 Å². The van der Waals surface area contributed by atoms with Crippen molar-refractivity contribution in [1.82, 2.24) is 4.98 Å². The van der Waals surface area contributed by atoms with E-state index in [0.29, 0.717) is 16.6 Å². The molecule has 0 spiro atoms. The summed E-state index contributed by atoms with van der Waals surface area (Å²) in [6.45, 7) is 6.85. The molecule has 21 heavy (non-hydrogen) atoms. The summed E-state index contributed by atoms with van der Waals surface area (Å²) in [5, 5.41) is 4.48. The van der Waals surface area contributed by atoms with E-state index in [4.69, 9.17) is 23.2 Å². The highest BCUT2D eigenvalue weighted by atomic mass is 35.5. The zero-order chi connectivity index (χ0) is 15.2. The van der Waals surface area contributed by atoms with Crippen LogP contribution in [0, 0.1) is 0 Å². The number of pyridine rings is 1. The van der Waals surface area contributed by atoms with Crippen molar-refractivity contribution in [3.8, 4) is 0 Å². The number of nitrogens with one attached hydrogen (secondary N) is 1. The summed E-state index contributed by atoms with van der Waals surface area (Å²) in [7, 11) is 0. The summed E-state index contributed by atoms with van der Waals surface area (Å²) in [5.74, 6) is 1.00. The third-order valence-corrected chi connectivity index (χ3v) is 4.05. The Morgan fingerprint density at radius 2 is 1.81 bits per heavy atom. The molecule has 0 saturated heterocycles. The Hall–Kier alpha value is -1.45. The Labute approximate surface area is 135 Å². The van der Waals surface area contributed by atoms with Crippen LogP contribution in [0.5, 0.6) is 0 Å². The van der Waals surface area contributed by atoms with Crippen LogP contribution in [0.4, 0.5) is 11.5 Å². The molecular formula is C16H19Cl2N3. The van der Waals surface area contributed by atoms with Gasteiger partial charge in [0.25, 0.3) is 0 Å². The van der Waals surface area contributed by atoms with Crippen LogP contribution in [0.3, 0.4) is 0 Å². The maximum atomic E-state index is 6.01. The van der Waals surface area contributed by atoms with Crippen molar-refractivity contribution in [2.75, 3.05) is 23.3 Å². The van der Waals surface area contributed by atoms with Crippen LogP contribution in [0.15, 0.2) is 36.5 Å². The lowest BCUT2D eigenvalue weighted by molar-refractivity contribution is 0.846. The molecule has 0 bridgehead atoms. The molecule has 3 nitrogen and oxygen atoms in total. The third-order valence-electron chi connectivity index (χ3n) is 3.32. The van der Waals surface area contributed by atoms with Gasteiger partial charge in [0.05, 0.1) is 21.9 Å². The Balaban J connectivity index is 1.98. The second-order valence-electron chi connectivity index (χ2n) is 4.68. The molecule has 0 aliphatic carbocycles. The summed E-state index contributed by atoms with van der Waals surface area (Å²) in [6, 6.07) is 9.71. The molecule has 0 radical (unpaired) electrons. The standard InChI is InChI=1S/C16H19Cl2N3/c1-3-21(4-2)16-8-6-13(11-20-16)19-10-12-5-7-14(17)15(18)9-12/h5-9,11,19H,3-4,10H2,1-2H3. The van der Waals surface area contributed by atoms with E-state index in [1.807, 2.05) is 36.5 Å². The lowest BCUT2D eigenvalue weighted by Crippen LogP contribution is -2.22. The van der Waals surface area contributed by atoms with Crippen molar-refractivity contribution in [2.45, 2.75) is 20.4 Å². The SMILES string of the molecule is CCN(CC)c1ccc(NCc2ccc(Cl)c(Cl)c2)cn1. The van der Waals surface area contributed by atoms with Gasteiger partial charge in [0, 0.05) is 19.6 Å². The van der Waals surface area contributed by atoms with Crippen LogP contribution in [0.1, 0.15) is 19.4 Å². The first kappa shape index (κ1) is 15.9. The van der Waals surface area contributed by atoms with Gasteiger partial charge in [-0.1, -0.05) is 29.3 Å². The first-order valence-corrected chi connectivity index (χ1v) is 7.78. The molecule has 0 aliphatic rings. The molecule has 1 aromatic heterocycles. The lowest BCUT2D eigenvalue weighted by Gasteiger charge is -2.19. The van der Waals surface area contributed by atoms with Crippen molar-refractivity contribution in [3.05, 3.63) is 52.1 Å². The quantitative estimate of drug-likeness (QED) is 0.823. The number of nitrogens with zero attached hydrogens (tertiary/aromatic N) is 2. The van der Waals surface area contributed by atoms with Gasteiger partial charge in [-0.3, -0.25) is 0 Å². The minimum Gasteiger partial charge on any atom is -0.380 e. The number of halogens is 2. The molecule has 0 saturated carbocycles. The highest BCUT2D eigenvalue weighted by Crippen LogP contribution is 2.23. The van der Waals surface area contributed by atoms with E-state index >= 15 is 0 Å². The van der Waals surface area contributed by atoms with Gasteiger partial charge in [-0.25, -0.2) is 4.98 Å². The number of anilines is 2. The fourth-order valence-corrected chi connectivity index (χ4v) is 2.40. The van der Waals surface area contributed by atoms with Gasteiger partial charge >= 0.3 is 0 Å². The highest BCUT2D eigenvalue weighted by molar-refractivity contribution is 6.42. The summed E-state index contributed by atoms with van der Waals surface area (Å²) in [4.78, 5) is 6.69. The van der Waals surface area contributed by atoms with E-state index in [0.717, 1.165) is 30.2 Å². The van der Waals surface area contributed by atoms with E-state index in [1.54, 1.807) is 0 Å². The number of hydrogen-bond donors (Lipinski definition) is 1. The van der Waals surface area contributed by atoms with E-state index in [9.17, 15) is 0 Å². The molecule has 0 atom stereocenters. The zero-order valence-electron chi connectivity index (χ0n) is 12.2. The number of rotatable bonds is 6. The number of hydrogen-bond acceptors (Lipinski definition) is 3. The van der Waals surface area contributed by atoms with Gasteiger partial charge in [-0.05, 0) is 43.7 Å². The molecule has 1 aromatic carbocycles. The summed E-state index contributed by atoms with van der Waals surface area (Å²) in [6.07, 6.45) is 1.85. The molecule has 2 aromatic rings. The molecule has 2 rings (SSSR count). The zero-order valence-corrected chi connectivity index (χ0v) is 13.7. The first-order valence-electron chi connectivity index (χ1n) is 7.02. The number of benzene rings is 1. The van der Waals surface area contributed by atoms with Crippen LogP contribution in [0.25, 0.3) is 0 Å². The van der Waals surface area contributed by atoms with Crippen molar-refractivity contribution in [1.29, 1.82) is 0 Å². The van der Waals surface area contributed by atoms with Crippen LogP contribution in [-0.2, 0) is 6.54 Å². The number of aromatic nitrogens is 1. The normalized spacial score (nSPS) is 10.5. The van der Waals surface area contributed by atoms with Crippen LogP contribution in [0.2, 0.25) is 10.0 Å². The summed E-state index contributed by atoms with van der Waals surface area (Å²) >= 11 is 11.9. The predicted molar refractivity (Wildman–Crippen MR) is 91.6 cm³/mol. The molecule has 1 N–H and O–H groups in total. The second kappa shape index (κ2) is 7.53. The molecule has 1 heterocycles. The Morgan fingerprint density at radius 3 is 2.38 bits per heavy atom. The monoisotopic (exact) mass is 323 g/mol. The largest absolute Gasteiger partial charge is 0.380 e. The maximum Gasteiger partial charge on any atom is 0.128 e. The first-order chi connectivity index (χ1) is 10.1. The molecule has 112 valence electrons. The Morgan fingerprint density at radius 1 is 1.05 bits per heavy atom. The van der Waals surface area contributed by atoms with Crippen LogP contribution >= 0.6 is 23.2 Å². The second-order valence-corrected chi connectivity index (χ2v) is 5.49. The smallest absolute Gasteiger partial charge is 0.128 e.